The Morgan fingerprint density at radius 2 is 1.78 bits per heavy atom. The van der Waals surface area contributed by atoms with Gasteiger partial charge in [0.25, 0.3) is 0 Å². The van der Waals surface area contributed by atoms with Crippen molar-refractivity contribution in [2.45, 2.75) is 12.8 Å². The fourth-order valence-electron chi connectivity index (χ4n) is 1.78. The zero-order chi connectivity index (χ0) is 13.0. The first-order valence-electron chi connectivity index (χ1n) is 5.65. The van der Waals surface area contributed by atoms with Gasteiger partial charge in [-0.25, -0.2) is 4.39 Å². The monoisotopic (exact) mass is 262 g/mol. The Morgan fingerprint density at radius 3 is 2.50 bits per heavy atom. The lowest BCUT2D eigenvalue weighted by Crippen LogP contribution is -2.07. The van der Waals surface area contributed by atoms with Crippen LogP contribution in [0.2, 0.25) is 5.02 Å². The molecule has 0 spiro atoms. The normalized spacial score (nSPS) is 10.3. The molecule has 0 unspecified atom stereocenters. The van der Waals surface area contributed by atoms with Gasteiger partial charge in [0.15, 0.2) is 0 Å². The van der Waals surface area contributed by atoms with Crippen LogP contribution in [0.4, 0.5) is 4.39 Å². The summed E-state index contributed by atoms with van der Waals surface area (Å²) in [5.41, 5.74) is 1.29. The Morgan fingerprint density at radius 1 is 1.06 bits per heavy atom. The number of rotatable bonds is 4. The van der Waals surface area contributed by atoms with Crippen molar-refractivity contribution in [2.24, 2.45) is 0 Å². The van der Waals surface area contributed by atoms with Crippen LogP contribution in [0.5, 0.6) is 0 Å². The summed E-state index contributed by atoms with van der Waals surface area (Å²) in [6, 6.07) is 13.7. The first-order chi connectivity index (χ1) is 8.65. The van der Waals surface area contributed by atoms with E-state index in [2.05, 4.69) is 0 Å². The van der Waals surface area contributed by atoms with Gasteiger partial charge in [0.1, 0.15) is 11.6 Å². The predicted octanol–water partition coefficient (Wildman–Crippen LogP) is 3.83. The molecule has 0 amide bonds. The summed E-state index contributed by atoms with van der Waals surface area (Å²) in [5.74, 6) is -0.414. The third kappa shape index (κ3) is 3.41. The molecule has 3 heteroatoms. The van der Waals surface area contributed by atoms with E-state index in [9.17, 15) is 9.18 Å². The molecule has 0 aliphatic heterocycles. The van der Waals surface area contributed by atoms with E-state index < -0.39 is 0 Å². The van der Waals surface area contributed by atoms with Crippen LogP contribution in [0.25, 0.3) is 0 Å². The van der Waals surface area contributed by atoms with Crippen LogP contribution < -0.4 is 0 Å². The molecular formula is C15H12ClFO. The molecule has 1 nitrogen and oxygen atoms in total. The summed E-state index contributed by atoms with van der Waals surface area (Å²) in [6.45, 7) is 0. The van der Waals surface area contributed by atoms with Crippen LogP contribution in [0.1, 0.15) is 11.1 Å². The summed E-state index contributed by atoms with van der Waals surface area (Å²) in [7, 11) is 0. The maximum absolute atomic E-state index is 13.5. The van der Waals surface area contributed by atoms with Gasteiger partial charge in [-0.3, -0.25) is 4.79 Å². The first-order valence-corrected chi connectivity index (χ1v) is 6.02. The number of carbonyl (C=O) groups is 1. The van der Waals surface area contributed by atoms with E-state index in [0.29, 0.717) is 17.0 Å². The lowest BCUT2D eigenvalue weighted by atomic mass is 10.0. The van der Waals surface area contributed by atoms with Gasteiger partial charge in [0.2, 0.25) is 0 Å². The van der Waals surface area contributed by atoms with E-state index in [1.54, 1.807) is 0 Å². The molecule has 0 saturated carbocycles. The Balaban J connectivity index is 2.05. The summed E-state index contributed by atoms with van der Waals surface area (Å²) in [5, 5.41) is 0.443. The third-order valence-corrected chi connectivity index (χ3v) is 2.87. The minimum atomic E-state index is -0.388. The van der Waals surface area contributed by atoms with E-state index in [0.717, 1.165) is 5.56 Å². The number of halogens is 2. The van der Waals surface area contributed by atoms with Gasteiger partial charge in [-0.05, 0) is 29.3 Å². The number of ketones is 1. The van der Waals surface area contributed by atoms with Gasteiger partial charge < -0.3 is 0 Å². The van der Waals surface area contributed by atoms with E-state index in [-0.39, 0.29) is 18.0 Å². The van der Waals surface area contributed by atoms with Crippen LogP contribution in [0.15, 0.2) is 48.5 Å². The lowest BCUT2D eigenvalue weighted by Gasteiger charge is -2.04. The molecule has 2 rings (SSSR count). The van der Waals surface area contributed by atoms with Gasteiger partial charge in [0.05, 0.1) is 0 Å². The molecule has 0 aromatic heterocycles. The van der Waals surface area contributed by atoms with Crippen LogP contribution in [-0.2, 0) is 17.6 Å². The molecule has 0 heterocycles. The second-order valence-corrected chi connectivity index (χ2v) is 4.55. The Bertz CT molecular complexity index is 552. The highest BCUT2D eigenvalue weighted by Gasteiger charge is 2.09. The smallest absolute Gasteiger partial charge is 0.141 e. The molecule has 18 heavy (non-hydrogen) atoms. The average molecular weight is 263 g/mol. The molecule has 2 aromatic rings. The SMILES string of the molecule is O=C(Cc1ccccc1)Cc1cc(Cl)ccc1F. The molecule has 0 bridgehead atoms. The molecule has 0 N–H and O–H groups in total. The average Bonchev–Trinajstić information content (AvgIpc) is 2.35. The summed E-state index contributed by atoms with van der Waals surface area (Å²) in [6.07, 6.45) is 0.383. The molecule has 0 atom stereocenters. The highest BCUT2D eigenvalue weighted by atomic mass is 35.5. The number of benzene rings is 2. The fourth-order valence-corrected chi connectivity index (χ4v) is 1.97. The zero-order valence-corrected chi connectivity index (χ0v) is 10.5. The predicted molar refractivity (Wildman–Crippen MR) is 70.3 cm³/mol. The van der Waals surface area contributed by atoms with E-state index in [4.69, 9.17) is 11.6 Å². The summed E-state index contributed by atoms with van der Waals surface area (Å²) >= 11 is 5.78. The van der Waals surface area contributed by atoms with Crippen molar-refractivity contribution in [1.29, 1.82) is 0 Å². The Hall–Kier alpha value is -1.67. The Kier molecular flexibility index (Phi) is 4.11. The van der Waals surface area contributed by atoms with E-state index in [1.807, 2.05) is 30.3 Å². The number of hydrogen-bond acceptors (Lipinski definition) is 1. The van der Waals surface area contributed by atoms with Crippen LogP contribution in [0, 0.1) is 5.82 Å². The van der Waals surface area contributed by atoms with Crippen molar-refractivity contribution in [3.05, 3.63) is 70.5 Å². The zero-order valence-electron chi connectivity index (χ0n) is 9.70. The molecular weight excluding hydrogens is 251 g/mol. The first kappa shape index (κ1) is 12.8. The molecule has 0 aliphatic rings. The molecule has 0 radical (unpaired) electrons. The van der Waals surface area contributed by atoms with E-state index >= 15 is 0 Å². The van der Waals surface area contributed by atoms with Gasteiger partial charge in [-0.15, -0.1) is 0 Å². The van der Waals surface area contributed by atoms with Gasteiger partial charge in [-0.2, -0.15) is 0 Å². The molecule has 0 aliphatic carbocycles. The second kappa shape index (κ2) is 5.78. The van der Waals surface area contributed by atoms with Crippen molar-refractivity contribution in [3.8, 4) is 0 Å². The maximum atomic E-state index is 13.5. The molecule has 92 valence electrons. The standard InChI is InChI=1S/C15H12ClFO/c16-13-6-7-15(17)12(9-13)10-14(18)8-11-4-2-1-3-5-11/h1-7,9H,8,10H2. The largest absolute Gasteiger partial charge is 0.299 e. The fraction of sp³-hybridized carbons (Fsp3) is 0.133. The maximum Gasteiger partial charge on any atom is 0.141 e. The minimum Gasteiger partial charge on any atom is -0.299 e. The third-order valence-electron chi connectivity index (χ3n) is 2.64. The highest BCUT2D eigenvalue weighted by Crippen LogP contribution is 2.16. The van der Waals surface area contributed by atoms with Gasteiger partial charge in [0, 0.05) is 17.9 Å². The number of hydrogen-bond donors (Lipinski definition) is 0. The Labute approximate surface area is 110 Å². The molecule has 2 aromatic carbocycles. The van der Waals surface area contributed by atoms with Crippen molar-refractivity contribution in [3.63, 3.8) is 0 Å². The number of carbonyl (C=O) groups excluding carboxylic acids is 1. The summed E-state index contributed by atoms with van der Waals surface area (Å²) in [4.78, 5) is 11.8. The van der Waals surface area contributed by atoms with Gasteiger partial charge >= 0.3 is 0 Å². The van der Waals surface area contributed by atoms with Crippen LogP contribution in [-0.4, -0.2) is 5.78 Å². The van der Waals surface area contributed by atoms with Crippen molar-refractivity contribution in [2.75, 3.05) is 0 Å². The molecule has 0 saturated heterocycles. The second-order valence-electron chi connectivity index (χ2n) is 4.11. The number of Topliss-reactive ketones (excluding diaryl/α,β-unsaturated/α-hetero) is 1. The minimum absolute atomic E-state index is 0.0256. The van der Waals surface area contributed by atoms with Crippen molar-refractivity contribution < 1.29 is 9.18 Å². The summed E-state index contributed by atoms with van der Waals surface area (Å²) < 4.78 is 13.5. The quantitative estimate of drug-likeness (QED) is 0.818. The lowest BCUT2D eigenvalue weighted by molar-refractivity contribution is -0.117. The topological polar surface area (TPSA) is 17.1 Å². The van der Waals surface area contributed by atoms with Crippen molar-refractivity contribution in [1.82, 2.24) is 0 Å². The van der Waals surface area contributed by atoms with Gasteiger partial charge in [-0.1, -0.05) is 41.9 Å². The highest BCUT2D eigenvalue weighted by molar-refractivity contribution is 6.30. The van der Waals surface area contributed by atoms with E-state index in [1.165, 1.54) is 18.2 Å². The molecule has 0 fully saturated rings. The van der Waals surface area contributed by atoms with Crippen LogP contribution >= 0.6 is 11.6 Å². The van der Waals surface area contributed by atoms with Crippen LogP contribution in [0.3, 0.4) is 0 Å². The van der Waals surface area contributed by atoms with Crippen molar-refractivity contribution >= 4 is 17.4 Å².